The van der Waals surface area contributed by atoms with Gasteiger partial charge in [-0.1, -0.05) is 60.7 Å². The normalized spacial score (nSPS) is 11.6. The number of nitrogens with one attached hydrogen (secondary N) is 8. The van der Waals surface area contributed by atoms with Crippen molar-refractivity contribution in [3.8, 4) is 0 Å². The standard InChI is InChI=1S/C40H46N14O8S2/c55-23-21-41-17-19-43-35-49-37(45-29-7-3-1-4-8-29)53-39(51-35)47-31-15-13-27(33(25-31)63(57,58)59)11-12-28-14-16-32(26-34(28)64(60,61)62)48-40-52-36(44-20-18-42-22-24-56)50-38(54-40)46-30-9-5-2-6-10-30/h1-16,25-26,41-42,55-56H,17-24H2,(H,57,58,59)(H,60,61,62)(H3,43,45,47,49,51,53)(H3,44,46,48,50,52,54)/b12-11+. The summed E-state index contributed by atoms with van der Waals surface area (Å²) in [5.74, 6) is 0.750. The predicted octanol–water partition coefficient (Wildman–Crippen LogP) is 3.68. The van der Waals surface area contributed by atoms with Crippen LogP contribution in [0.5, 0.6) is 0 Å². The fourth-order valence-electron chi connectivity index (χ4n) is 5.75. The number of rotatable bonds is 24. The number of hydrogen-bond acceptors (Lipinski definition) is 20. The molecule has 6 aromatic rings. The van der Waals surface area contributed by atoms with Gasteiger partial charge in [-0.25, -0.2) is 0 Å². The molecule has 0 fully saturated rings. The average molecular weight is 915 g/mol. The first-order valence-corrected chi connectivity index (χ1v) is 22.5. The lowest BCUT2D eigenvalue weighted by molar-refractivity contribution is 0.293. The van der Waals surface area contributed by atoms with Crippen LogP contribution in [-0.2, 0) is 20.2 Å². The lowest BCUT2D eigenvalue weighted by atomic mass is 10.1. The summed E-state index contributed by atoms with van der Waals surface area (Å²) in [5.41, 5.74) is 1.68. The van der Waals surface area contributed by atoms with Crippen molar-refractivity contribution in [1.29, 1.82) is 0 Å². The third kappa shape index (κ3) is 14.3. The molecule has 0 aliphatic carbocycles. The zero-order valence-corrected chi connectivity index (χ0v) is 35.6. The Morgan fingerprint density at radius 2 is 0.766 bits per heavy atom. The number of anilines is 10. The van der Waals surface area contributed by atoms with Crippen LogP contribution in [0, 0.1) is 0 Å². The van der Waals surface area contributed by atoms with Gasteiger partial charge in [0.1, 0.15) is 9.79 Å². The van der Waals surface area contributed by atoms with Crippen LogP contribution >= 0.6 is 0 Å². The Morgan fingerprint density at radius 3 is 1.11 bits per heavy atom. The minimum Gasteiger partial charge on any atom is -0.395 e. The quantitative estimate of drug-likeness (QED) is 0.0234. The van der Waals surface area contributed by atoms with Gasteiger partial charge in [-0.2, -0.15) is 46.7 Å². The molecule has 0 aliphatic rings. The Balaban J connectivity index is 1.24. The van der Waals surface area contributed by atoms with Gasteiger partial charge < -0.3 is 52.7 Å². The van der Waals surface area contributed by atoms with Crippen molar-refractivity contribution in [3.05, 3.63) is 108 Å². The highest BCUT2D eigenvalue weighted by Gasteiger charge is 2.19. The molecule has 6 rings (SSSR count). The van der Waals surface area contributed by atoms with E-state index in [1.165, 1.54) is 36.4 Å². The second-order valence-electron chi connectivity index (χ2n) is 13.4. The molecular formula is C40H46N14O8S2. The van der Waals surface area contributed by atoms with Crippen molar-refractivity contribution >= 4 is 90.8 Å². The first-order valence-electron chi connectivity index (χ1n) is 19.6. The van der Waals surface area contributed by atoms with Crippen LogP contribution < -0.4 is 42.5 Å². The van der Waals surface area contributed by atoms with Gasteiger partial charge in [-0.05, 0) is 59.7 Å². The molecule has 0 spiro atoms. The Morgan fingerprint density at radius 1 is 0.422 bits per heavy atom. The second kappa shape index (κ2) is 22.5. The van der Waals surface area contributed by atoms with Crippen LogP contribution in [0.3, 0.4) is 0 Å². The van der Waals surface area contributed by atoms with Gasteiger partial charge in [0.25, 0.3) is 20.2 Å². The van der Waals surface area contributed by atoms with Crippen LogP contribution in [0.1, 0.15) is 11.1 Å². The van der Waals surface area contributed by atoms with E-state index in [2.05, 4.69) is 72.4 Å². The van der Waals surface area contributed by atoms with E-state index in [1.807, 2.05) is 60.7 Å². The smallest absolute Gasteiger partial charge is 0.295 e. The van der Waals surface area contributed by atoms with E-state index in [9.17, 15) is 25.9 Å². The van der Waals surface area contributed by atoms with Crippen LogP contribution in [0.4, 0.5) is 58.4 Å². The summed E-state index contributed by atoms with van der Waals surface area (Å²) in [6.45, 7) is 2.57. The molecule has 336 valence electrons. The van der Waals surface area contributed by atoms with Gasteiger partial charge in [0.05, 0.1) is 13.2 Å². The predicted molar refractivity (Wildman–Crippen MR) is 244 cm³/mol. The summed E-state index contributed by atoms with van der Waals surface area (Å²) in [6, 6.07) is 26.3. The molecule has 24 heteroatoms. The molecule has 4 aromatic carbocycles. The second-order valence-corrected chi connectivity index (χ2v) is 16.2. The molecule has 2 aromatic heterocycles. The summed E-state index contributed by atoms with van der Waals surface area (Å²) < 4.78 is 71.4. The van der Waals surface area contributed by atoms with E-state index in [0.29, 0.717) is 50.6 Å². The van der Waals surface area contributed by atoms with E-state index in [0.717, 1.165) is 12.1 Å². The average Bonchev–Trinajstić information content (AvgIpc) is 3.26. The molecule has 0 saturated heterocycles. The minimum atomic E-state index is -4.86. The molecule has 0 aliphatic heterocycles. The number of benzene rings is 4. The Hall–Kier alpha value is -6.90. The summed E-state index contributed by atoms with van der Waals surface area (Å²) in [4.78, 5) is 25.4. The van der Waals surface area contributed by atoms with Crippen LogP contribution in [0.15, 0.2) is 107 Å². The molecule has 12 N–H and O–H groups in total. The number of aliphatic hydroxyl groups is 2. The maximum atomic E-state index is 12.7. The summed E-state index contributed by atoms with van der Waals surface area (Å²) in [5, 5.41) is 42.4. The molecular weight excluding hydrogens is 869 g/mol. The molecule has 0 bridgehead atoms. The minimum absolute atomic E-state index is 0.0201. The SMILES string of the molecule is O=S(=O)(O)c1cc(Nc2nc(NCCNCCO)nc(Nc3ccccc3)n2)ccc1/C=C/c1ccc(Nc2nc(NCCNCCO)nc(Nc3ccccc3)n2)cc1S(=O)(=O)O. The maximum Gasteiger partial charge on any atom is 0.295 e. The van der Waals surface area contributed by atoms with Crippen molar-refractivity contribution in [2.45, 2.75) is 9.79 Å². The van der Waals surface area contributed by atoms with Gasteiger partial charge >= 0.3 is 0 Å². The fraction of sp³-hybridized carbons (Fsp3) is 0.200. The molecule has 64 heavy (non-hydrogen) atoms. The summed E-state index contributed by atoms with van der Waals surface area (Å²) in [6.07, 6.45) is 2.53. The first-order chi connectivity index (χ1) is 30.9. The van der Waals surface area contributed by atoms with Crippen molar-refractivity contribution < 1.29 is 36.2 Å². The zero-order chi connectivity index (χ0) is 45.4. The molecule has 0 saturated carbocycles. The molecule has 22 nitrogen and oxygen atoms in total. The van der Waals surface area contributed by atoms with Gasteiger partial charge in [-0.3, -0.25) is 9.11 Å². The number of aliphatic hydroxyl groups excluding tert-OH is 2. The van der Waals surface area contributed by atoms with E-state index in [-0.39, 0.29) is 71.4 Å². The zero-order valence-electron chi connectivity index (χ0n) is 34.0. The van der Waals surface area contributed by atoms with Crippen molar-refractivity contribution in [2.75, 3.05) is 84.4 Å². The van der Waals surface area contributed by atoms with E-state index >= 15 is 0 Å². The Bertz CT molecular complexity index is 2550. The molecule has 0 radical (unpaired) electrons. The largest absolute Gasteiger partial charge is 0.395 e. The Kier molecular flexibility index (Phi) is 16.3. The topological polar surface area (TPSA) is 323 Å². The lowest BCUT2D eigenvalue weighted by Crippen LogP contribution is -2.25. The van der Waals surface area contributed by atoms with Crippen LogP contribution in [0.25, 0.3) is 12.2 Å². The number of aromatic nitrogens is 6. The van der Waals surface area contributed by atoms with E-state index in [1.54, 1.807) is 0 Å². The molecule has 0 atom stereocenters. The summed E-state index contributed by atoms with van der Waals surface area (Å²) >= 11 is 0. The highest BCUT2D eigenvalue weighted by molar-refractivity contribution is 7.86. The first kappa shape index (κ1) is 46.6. The highest BCUT2D eigenvalue weighted by atomic mass is 32.2. The number of para-hydroxylation sites is 2. The van der Waals surface area contributed by atoms with E-state index in [4.69, 9.17) is 10.2 Å². The van der Waals surface area contributed by atoms with Gasteiger partial charge in [0, 0.05) is 62.0 Å². The maximum absolute atomic E-state index is 12.7. The monoisotopic (exact) mass is 914 g/mol. The third-order valence-corrected chi connectivity index (χ3v) is 10.4. The van der Waals surface area contributed by atoms with Crippen LogP contribution in [-0.4, -0.2) is 119 Å². The van der Waals surface area contributed by atoms with Gasteiger partial charge in [0.2, 0.25) is 35.7 Å². The van der Waals surface area contributed by atoms with Crippen molar-refractivity contribution in [1.82, 2.24) is 40.5 Å². The van der Waals surface area contributed by atoms with Crippen LogP contribution in [0.2, 0.25) is 0 Å². The molecule has 2 heterocycles. The Labute approximate surface area is 368 Å². The van der Waals surface area contributed by atoms with Crippen molar-refractivity contribution in [2.24, 2.45) is 0 Å². The molecule has 0 unspecified atom stereocenters. The lowest BCUT2D eigenvalue weighted by Gasteiger charge is -2.13. The van der Waals surface area contributed by atoms with Gasteiger partial charge in [-0.15, -0.1) is 0 Å². The van der Waals surface area contributed by atoms with E-state index < -0.39 is 30.0 Å². The number of nitrogens with zero attached hydrogens (tertiary/aromatic N) is 6. The molecule has 0 amide bonds. The van der Waals surface area contributed by atoms with Crippen molar-refractivity contribution in [3.63, 3.8) is 0 Å². The number of hydrogen-bond donors (Lipinski definition) is 12. The van der Waals surface area contributed by atoms with Gasteiger partial charge in [0.15, 0.2) is 0 Å². The highest BCUT2D eigenvalue weighted by Crippen LogP contribution is 2.29. The fourth-order valence-corrected chi connectivity index (χ4v) is 7.17. The third-order valence-electron chi connectivity index (χ3n) is 8.62. The summed E-state index contributed by atoms with van der Waals surface area (Å²) in [7, 11) is -9.72.